The Morgan fingerprint density at radius 2 is 1.94 bits per heavy atom. The maximum Gasteiger partial charge on any atom is 0.226 e. The quantitative estimate of drug-likeness (QED) is 0.313. The molecule has 182 valence electrons. The molecule has 0 spiro atoms. The van der Waals surface area contributed by atoms with Crippen molar-refractivity contribution in [1.29, 1.82) is 0 Å². The molecule has 1 aliphatic rings. The highest BCUT2D eigenvalue weighted by atomic mass is 32.1. The summed E-state index contributed by atoms with van der Waals surface area (Å²) >= 11 is 5.68. The van der Waals surface area contributed by atoms with E-state index in [9.17, 15) is 9.18 Å². The lowest BCUT2D eigenvalue weighted by Crippen LogP contribution is -2.32. The third kappa shape index (κ3) is 5.13. The molecular weight excluding hydrogens is 475 g/mol. The summed E-state index contributed by atoms with van der Waals surface area (Å²) in [5.41, 5.74) is 3.43. The van der Waals surface area contributed by atoms with Crippen LogP contribution in [0.5, 0.6) is 0 Å². The molecule has 0 unspecified atom stereocenters. The van der Waals surface area contributed by atoms with Gasteiger partial charge in [-0.05, 0) is 85.4 Å². The van der Waals surface area contributed by atoms with E-state index in [1.54, 1.807) is 18.3 Å². The van der Waals surface area contributed by atoms with Crippen molar-refractivity contribution in [2.24, 2.45) is 0 Å². The highest BCUT2D eigenvalue weighted by molar-refractivity contribution is 7.80. The molecule has 4 aromatic rings. The predicted molar refractivity (Wildman–Crippen MR) is 141 cm³/mol. The average molecular weight is 501 g/mol. The number of thiocarbonyl (C=S) groups is 1. The summed E-state index contributed by atoms with van der Waals surface area (Å²) in [4.78, 5) is 19.2. The molecule has 1 amide bonds. The van der Waals surface area contributed by atoms with E-state index in [0.29, 0.717) is 23.2 Å². The highest BCUT2D eigenvalue weighted by Crippen LogP contribution is 2.40. The van der Waals surface area contributed by atoms with Crippen LogP contribution in [0.4, 0.5) is 10.1 Å². The highest BCUT2D eigenvalue weighted by Gasteiger charge is 2.41. The zero-order valence-corrected chi connectivity index (χ0v) is 20.5. The SMILES string of the molecule is Cc1cccc(NC(=O)CCN2C(=S)N[C@@H](c3ccccn3)[C@H]2c2ccc(-c3ccc(F)cc3)o2)c1. The van der Waals surface area contributed by atoms with Crippen LogP contribution in [0.2, 0.25) is 0 Å². The fraction of sp³-hybridized carbons (Fsp3) is 0.179. The molecule has 0 saturated carbocycles. The minimum Gasteiger partial charge on any atom is -0.459 e. The third-order valence-electron chi connectivity index (χ3n) is 6.13. The first kappa shape index (κ1) is 23.7. The number of hydrogen-bond donors (Lipinski definition) is 2. The van der Waals surface area contributed by atoms with Crippen molar-refractivity contribution < 1.29 is 13.6 Å². The molecule has 1 fully saturated rings. The molecular formula is C28H25FN4O2S. The summed E-state index contributed by atoms with van der Waals surface area (Å²) in [6.45, 7) is 2.37. The maximum atomic E-state index is 13.4. The number of anilines is 1. The van der Waals surface area contributed by atoms with E-state index in [0.717, 1.165) is 22.5 Å². The number of amides is 1. The van der Waals surface area contributed by atoms with Crippen LogP contribution in [0.25, 0.3) is 11.3 Å². The minimum atomic E-state index is -0.312. The first-order valence-corrected chi connectivity index (χ1v) is 12.1. The molecule has 2 aromatic carbocycles. The fourth-order valence-electron chi connectivity index (χ4n) is 4.40. The lowest BCUT2D eigenvalue weighted by atomic mass is 10.0. The van der Waals surface area contributed by atoms with Gasteiger partial charge in [0.25, 0.3) is 0 Å². The van der Waals surface area contributed by atoms with Gasteiger partial charge < -0.3 is 20.0 Å². The summed E-state index contributed by atoms with van der Waals surface area (Å²) in [6, 6.07) is 22.8. The van der Waals surface area contributed by atoms with Gasteiger partial charge in [0, 0.05) is 30.4 Å². The van der Waals surface area contributed by atoms with Crippen LogP contribution in [-0.2, 0) is 4.79 Å². The van der Waals surface area contributed by atoms with Crippen molar-refractivity contribution >= 4 is 28.9 Å². The van der Waals surface area contributed by atoms with Crippen LogP contribution in [0.1, 0.15) is 35.5 Å². The number of benzene rings is 2. The fourth-order valence-corrected chi connectivity index (χ4v) is 4.74. The number of nitrogens with one attached hydrogen (secondary N) is 2. The van der Waals surface area contributed by atoms with Crippen LogP contribution >= 0.6 is 12.2 Å². The summed E-state index contributed by atoms with van der Waals surface area (Å²) in [5.74, 6) is 0.896. The molecule has 0 radical (unpaired) electrons. The van der Waals surface area contributed by atoms with Gasteiger partial charge in [-0.25, -0.2) is 4.39 Å². The number of aromatic nitrogens is 1. The summed E-state index contributed by atoms with van der Waals surface area (Å²) in [6.07, 6.45) is 1.98. The lowest BCUT2D eigenvalue weighted by Gasteiger charge is -2.25. The summed E-state index contributed by atoms with van der Waals surface area (Å²) in [5, 5.41) is 6.84. The molecule has 2 N–H and O–H groups in total. The lowest BCUT2D eigenvalue weighted by molar-refractivity contribution is -0.116. The molecule has 6 nitrogen and oxygen atoms in total. The first-order chi connectivity index (χ1) is 17.5. The molecule has 8 heteroatoms. The molecule has 2 atom stereocenters. The number of carbonyl (C=O) groups excluding carboxylic acids is 1. The molecule has 0 bridgehead atoms. The van der Waals surface area contributed by atoms with Crippen molar-refractivity contribution in [2.45, 2.75) is 25.4 Å². The van der Waals surface area contributed by atoms with Gasteiger partial charge in [-0.15, -0.1) is 0 Å². The van der Waals surface area contributed by atoms with Gasteiger partial charge in [0.1, 0.15) is 23.4 Å². The van der Waals surface area contributed by atoms with Gasteiger partial charge in [0.15, 0.2) is 5.11 Å². The Labute approximate surface area is 214 Å². The number of halogens is 1. The number of carbonyl (C=O) groups is 1. The van der Waals surface area contributed by atoms with Crippen molar-refractivity contribution in [3.8, 4) is 11.3 Å². The number of rotatable bonds is 7. The smallest absolute Gasteiger partial charge is 0.226 e. The van der Waals surface area contributed by atoms with Crippen LogP contribution in [0.15, 0.2) is 89.5 Å². The van der Waals surface area contributed by atoms with Crippen molar-refractivity contribution in [2.75, 3.05) is 11.9 Å². The van der Waals surface area contributed by atoms with Crippen LogP contribution < -0.4 is 10.6 Å². The number of pyridine rings is 1. The largest absolute Gasteiger partial charge is 0.459 e. The normalized spacial score (nSPS) is 17.2. The second kappa shape index (κ2) is 10.3. The van der Waals surface area contributed by atoms with E-state index in [2.05, 4.69) is 15.6 Å². The van der Waals surface area contributed by atoms with Crippen molar-refractivity contribution in [3.05, 3.63) is 108 Å². The van der Waals surface area contributed by atoms with E-state index in [-0.39, 0.29) is 30.2 Å². The van der Waals surface area contributed by atoms with E-state index in [1.807, 2.05) is 66.4 Å². The van der Waals surface area contributed by atoms with E-state index >= 15 is 0 Å². The van der Waals surface area contributed by atoms with Gasteiger partial charge in [-0.3, -0.25) is 9.78 Å². The van der Waals surface area contributed by atoms with Gasteiger partial charge in [0.2, 0.25) is 5.91 Å². The third-order valence-corrected chi connectivity index (χ3v) is 6.48. The van der Waals surface area contributed by atoms with Crippen molar-refractivity contribution in [1.82, 2.24) is 15.2 Å². The van der Waals surface area contributed by atoms with Crippen LogP contribution in [-0.4, -0.2) is 27.4 Å². The number of aryl methyl sites for hydroxylation is 1. The molecule has 1 aliphatic heterocycles. The van der Waals surface area contributed by atoms with E-state index in [4.69, 9.17) is 16.6 Å². The molecule has 0 aliphatic carbocycles. The first-order valence-electron chi connectivity index (χ1n) is 11.7. The van der Waals surface area contributed by atoms with Gasteiger partial charge in [-0.2, -0.15) is 0 Å². The molecule has 36 heavy (non-hydrogen) atoms. The Morgan fingerprint density at radius 3 is 2.69 bits per heavy atom. The maximum absolute atomic E-state index is 13.4. The minimum absolute atomic E-state index is 0.102. The Hall–Kier alpha value is -4.04. The zero-order valence-electron chi connectivity index (χ0n) is 19.6. The Balaban J connectivity index is 1.39. The molecule has 5 rings (SSSR count). The summed E-state index contributed by atoms with van der Waals surface area (Å²) < 4.78 is 19.6. The number of hydrogen-bond acceptors (Lipinski definition) is 4. The van der Waals surface area contributed by atoms with Gasteiger partial charge >= 0.3 is 0 Å². The predicted octanol–water partition coefficient (Wildman–Crippen LogP) is 5.79. The summed E-state index contributed by atoms with van der Waals surface area (Å²) in [7, 11) is 0. The Kier molecular flexibility index (Phi) is 6.77. The monoisotopic (exact) mass is 500 g/mol. The molecule has 2 aromatic heterocycles. The Morgan fingerprint density at radius 1 is 1.11 bits per heavy atom. The Bertz CT molecular complexity index is 1370. The molecule has 3 heterocycles. The number of nitrogens with zero attached hydrogens (tertiary/aromatic N) is 2. The number of furan rings is 1. The van der Waals surface area contributed by atoms with Crippen molar-refractivity contribution in [3.63, 3.8) is 0 Å². The average Bonchev–Trinajstić information content (AvgIpc) is 3.48. The molecule has 1 saturated heterocycles. The second-order valence-electron chi connectivity index (χ2n) is 8.70. The van der Waals surface area contributed by atoms with Gasteiger partial charge in [-0.1, -0.05) is 18.2 Å². The standard InChI is InChI=1S/C28H25FN4O2S/c1-18-5-4-6-21(17-18)31-25(34)14-16-33-27(26(32-28(33)36)22-7-2-3-15-30-22)24-13-12-23(35-24)19-8-10-20(29)11-9-19/h2-13,15,17,26-27H,14,16H2,1H3,(H,31,34)(H,32,36)/t26-,27+/m0/s1. The van der Waals surface area contributed by atoms with Crippen LogP contribution in [0.3, 0.4) is 0 Å². The topological polar surface area (TPSA) is 70.4 Å². The van der Waals surface area contributed by atoms with E-state index < -0.39 is 0 Å². The second-order valence-corrected chi connectivity index (χ2v) is 9.08. The zero-order chi connectivity index (χ0) is 25.1. The van der Waals surface area contributed by atoms with Gasteiger partial charge in [0.05, 0.1) is 11.7 Å². The van der Waals surface area contributed by atoms with Crippen LogP contribution in [0, 0.1) is 12.7 Å². The van der Waals surface area contributed by atoms with E-state index in [1.165, 1.54) is 12.1 Å².